The van der Waals surface area contributed by atoms with E-state index >= 15 is 0 Å². The fourth-order valence-electron chi connectivity index (χ4n) is 2.28. The molecule has 94 valence electrons. The summed E-state index contributed by atoms with van der Waals surface area (Å²) in [5.41, 5.74) is 1.19. The average molecular weight is 245 g/mol. The standard InChI is InChI=1S/C13H15N3O2/c1-9-7-17-11-5-3-2-4-10(11)13(9)14-6-12-15-8-18-16-12/h2-5,8-9,13-14H,6-7H2,1H3. The van der Waals surface area contributed by atoms with E-state index in [1.165, 1.54) is 12.0 Å². The molecule has 3 rings (SSSR count). The Kier molecular flexibility index (Phi) is 2.98. The lowest BCUT2D eigenvalue weighted by molar-refractivity contribution is 0.187. The molecule has 0 fully saturated rings. The van der Waals surface area contributed by atoms with Crippen molar-refractivity contribution in [1.29, 1.82) is 0 Å². The van der Waals surface area contributed by atoms with Crippen molar-refractivity contribution in [2.45, 2.75) is 19.5 Å². The molecule has 2 atom stereocenters. The molecule has 1 N–H and O–H groups in total. The average Bonchev–Trinajstić information content (AvgIpc) is 2.91. The number of rotatable bonds is 3. The Morgan fingerprint density at radius 1 is 1.39 bits per heavy atom. The van der Waals surface area contributed by atoms with Gasteiger partial charge in [0.2, 0.25) is 6.39 Å². The van der Waals surface area contributed by atoms with Gasteiger partial charge >= 0.3 is 0 Å². The molecular weight excluding hydrogens is 230 g/mol. The van der Waals surface area contributed by atoms with E-state index in [1.807, 2.05) is 18.2 Å². The normalized spacial score (nSPS) is 22.3. The minimum atomic E-state index is 0.258. The quantitative estimate of drug-likeness (QED) is 0.895. The minimum absolute atomic E-state index is 0.258. The molecule has 2 aromatic rings. The summed E-state index contributed by atoms with van der Waals surface area (Å²) in [4.78, 5) is 4.01. The highest BCUT2D eigenvalue weighted by Gasteiger charge is 2.27. The van der Waals surface area contributed by atoms with Crippen LogP contribution in [0.3, 0.4) is 0 Å². The second-order valence-corrected chi connectivity index (χ2v) is 4.53. The van der Waals surface area contributed by atoms with Gasteiger partial charge < -0.3 is 14.6 Å². The summed E-state index contributed by atoms with van der Waals surface area (Å²) in [6, 6.07) is 8.38. The smallest absolute Gasteiger partial charge is 0.213 e. The highest BCUT2D eigenvalue weighted by molar-refractivity contribution is 5.37. The number of hydrogen-bond acceptors (Lipinski definition) is 5. The van der Waals surface area contributed by atoms with Crippen LogP contribution in [0.4, 0.5) is 0 Å². The third-order valence-electron chi connectivity index (χ3n) is 3.21. The van der Waals surface area contributed by atoms with Crippen molar-refractivity contribution < 1.29 is 9.26 Å². The third kappa shape index (κ3) is 2.09. The predicted molar refractivity (Wildman–Crippen MR) is 65.0 cm³/mol. The monoisotopic (exact) mass is 245 g/mol. The Hall–Kier alpha value is -1.88. The molecule has 18 heavy (non-hydrogen) atoms. The fraction of sp³-hybridized carbons (Fsp3) is 0.385. The van der Waals surface area contributed by atoms with Crippen molar-refractivity contribution >= 4 is 0 Å². The highest BCUT2D eigenvalue weighted by atomic mass is 16.5. The molecule has 1 aromatic heterocycles. The Balaban J connectivity index is 1.78. The number of hydrogen-bond donors (Lipinski definition) is 1. The molecule has 0 saturated carbocycles. The SMILES string of the molecule is CC1COc2ccccc2C1NCc1ncon1. The predicted octanol–water partition coefficient (Wildman–Crippen LogP) is 1.93. The summed E-state index contributed by atoms with van der Waals surface area (Å²) in [7, 11) is 0. The van der Waals surface area contributed by atoms with Crippen LogP contribution in [-0.2, 0) is 6.54 Å². The Labute approximate surface area is 105 Å². The molecule has 0 aliphatic carbocycles. The molecule has 1 aromatic carbocycles. The molecule has 0 radical (unpaired) electrons. The lowest BCUT2D eigenvalue weighted by Gasteiger charge is -2.31. The second kappa shape index (κ2) is 4.78. The maximum Gasteiger partial charge on any atom is 0.213 e. The number of aromatic nitrogens is 2. The van der Waals surface area contributed by atoms with E-state index in [-0.39, 0.29) is 6.04 Å². The van der Waals surface area contributed by atoms with Crippen molar-refractivity contribution in [3.8, 4) is 5.75 Å². The number of para-hydroxylation sites is 1. The Morgan fingerprint density at radius 3 is 3.11 bits per heavy atom. The summed E-state index contributed by atoms with van der Waals surface area (Å²) >= 11 is 0. The van der Waals surface area contributed by atoms with E-state index in [1.54, 1.807) is 0 Å². The first-order valence-corrected chi connectivity index (χ1v) is 6.05. The number of ether oxygens (including phenoxy) is 1. The maximum atomic E-state index is 5.71. The zero-order chi connectivity index (χ0) is 12.4. The van der Waals surface area contributed by atoms with Gasteiger partial charge in [0.25, 0.3) is 0 Å². The maximum absolute atomic E-state index is 5.71. The van der Waals surface area contributed by atoms with E-state index in [0.29, 0.717) is 18.3 Å². The zero-order valence-electron chi connectivity index (χ0n) is 10.2. The summed E-state index contributed by atoms with van der Waals surface area (Å²) in [6.45, 7) is 3.49. The van der Waals surface area contributed by atoms with Crippen LogP contribution in [-0.4, -0.2) is 16.7 Å². The van der Waals surface area contributed by atoms with Gasteiger partial charge in [0, 0.05) is 17.5 Å². The van der Waals surface area contributed by atoms with Crippen molar-refractivity contribution in [3.05, 3.63) is 42.0 Å². The fourth-order valence-corrected chi connectivity index (χ4v) is 2.28. The number of nitrogens with one attached hydrogen (secondary N) is 1. The van der Waals surface area contributed by atoms with Gasteiger partial charge in [-0.1, -0.05) is 30.3 Å². The highest BCUT2D eigenvalue weighted by Crippen LogP contribution is 2.34. The van der Waals surface area contributed by atoms with Crippen LogP contribution < -0.4 is 10.1 Å². The van der Waals surface area contributed by atoms with Gasteiger partial charge in [0.05, 0.1) is 13.2 Å². The van der Waals surface area contributed by atoms with Crippen LogP contribution in [0.25, 0.3) is 0 Å². The van der Waals surface area contributed by atoms with Crippen molar-refractivity contribution in [1.82, 2.24) is 15.5 Å². The third-order valence-corrected chi connectivity index (χ3v) is 3.21. The molecule has 2 unspecified atom stereocenters. The molecule has 5 nitrogen and oxygen atoms in total. The Morgan fingerprint density at radius 2 is 2.28 bits per heavy atom. The van der Waals surface area contributed by atoms with Crippen molar-refractivity contribution in [3.63, 3.8) is 0 Å². The molecule has 1 aliphatic heterocycles. The van der Waals surface area contributed by atoms with E-state index in [4.69, 9.17) is 9.26 Å². The first-order chi connectivity index (χ1) is 8.84. The summed E-state index contributed by atoms with van der Waals surface area (Å²) in [5, 5.41) is 7.27. The van der Waals surface area contributed by atoms with Gasteiger partial charge in [-0.2, -0.15) is 4.98 Å². The van der Waals surface area contributed by atoms with E-state index in [2.05, 4.69) is 28.4 Å². The van der Waals surface area contributed by atoms with Gasteiger partial charge in [-0.05, 0) is 6.07 Å². The molecule has 0 saturated heterocycles. The van der Waals surface area contributed by atoms with Crippen molar-refractivity contribution in [2.24, 2.45) is 5.92 Å². The number of benzene rings is 1. The van der Waals surface area contributed by atoms with Crippen LogP contribution in [0.1, 0.15) is 24.4 Å². The van der Waals surface area contributed by atoms with Gasteiger partial charge in [-0.3, -0.25) is 0 Å². The molecular formula is C13H15N3O2. The summed E-state index contributed by atoms with van der Waals surface area (Å²) < 4.78 is 10.4. The number of fused-ring (bicyclic) bond motifs is 1. The van der Waals surface area contributed by atoms with Gasteiger partial charge in [0.15, 0.2) is 5.82 Å². The lowest BCUT2D eigenvalue weighted by atomic mass is 9.92. The first kappa shape index (κ1) is 11.2. The molecule has 1 aliphatic rings. The number of nitrogens with zero attached hydrogens (tertiary/aromatic N) is 2. The zero-order valence-corrected chi connectivity index (χ0v) is 10.2. The molecule has 0 bridgehead atoms. The van der Waals surface area contributed by atoms with Crippen molar-refractivity contribution in [2.75, 3.05) is 6.61 Å². The molecule has 2 heterocycles. The molecule has 0 amide bonds. The van der Waals surface area contributed by atoms with E-state index < -0.39 is 0 Å². The minimum Gasteiger partial charge on any atom is -0.493 e. The Bertz CT molecular complexity index is 513. The van der Waals surface area contributed by atoms with Crippen LogP contribution in [0.2, 0.25) is 0 Å². The van der Waals surface area contributed by atoms with Crippen LogP contribution in [0, 0.1) is 5.92 Å². The largest absolute Gasteiger partial charge is 0.493 e. The summed E-state index contributed by atoms with van der Waals surface area (Å²) in [5.74, 6) is 2.04. The van der Waals surface area contributed by atoms with Gasteiger partial charge in [-0.25, -0.2) is 0 Å². The topological polar surface area (TPSA) is 60.2 Å². The van der Waals surface area contributed by atoms with Gasteiger partial charge in [0.1, 0.15) is 5.75 Å². The molecule has 0 spiro atoms. The van der Waals surface area contributed by atoms with Crippen LogP contribution >= 0.6 is 0 Å². The van der Waals surface area contributed by atoms with E-state index in [0.717, 1.165) is 12.4 Å². The summed E-state index contributed by atoms with van der Waals surface area (Å²) in [6.07, 6.45) is 1.35. The van der Waals surface area contributed by atoms with Gasteiger partial charge in [-0.15, -0.1) is 0 Å². The molecule has 5 heteroatoms. The van der Waals surface area contributed by atoms with E-state index in [9.17, 15) is 0 Å². The first-order valence-electron chi connectivity index (χ1n) is 6.05. The second-order valence-electron chi connectivity index (χ2n) is 4.53. The van der Waals surface area contributed by atoms with Crippen LogP contribution in [0.5, 0.6) is 5.75 Å². The van der Waals surface area contributed by atoms with Crippen LogP contribution in [0.15, 0.2) is 35.2 Å². The lowest BCUT2D eigenvalue weighted by Crippen LogP contribution is -2.33.